The summed E-state index contributed by atoms with van der Waals surface area (Å²) in [6.45, 7) is 0.333. The predicted octanol–water partition coefficient (Wildman–Crippen LogP) is 2.69. The predicted molar refractivity (Wildman–Crippen MR) is 87.1 cm³/mol. The number of nitrogen functional groups attached to an aromatic ring is 1. The average Bonchev–Trinajstić information content (AvgIpc) is 2.78. The van der Waals surface area contributed by atoms with Crippen molar-refractivity contribution in [1.82, 2.24) is 4.90 Å². The third-order valence-electron chi connectivity index (χ3n) is 3.57. The number of carbonyl (C=O) groups excluding carboxylic acids is 2. The Hall–Kier alpha value is -2.27. The van der Waals surface area contributed by atoms with E-state index in [1.165, 1.54) is 16.7 Å². The van der Waals surface area contributed by atoms with Crippen LogP contribution < -0.4 is 5.73 Å². The number of likely N-dealkylation sites (tertiary alicyclic amines) is 1. The molecule has 0 radical (unpaired) electrons. The smallest absolute Gasteiger partial charge is 0.243 e. The lowest BCUT2D eigenvalue weighted by molar-refractivity contribution is -0.138. The summed E-state index contributed by atoms with van der Waals surface area (Å²) in [6, 6.07) is 16.9. The zero-order valence-corrected chi connectivity index (χ0v) is 12.8. The number of benzene rings is 2. The van der Waals surface area contributed by atoms with Gasteiger partial charge in [0, 0.05) is 17.0 Å². The largest absolute Gasteiger partial charge is 0.398 e. The van der Waals surface area contributed by atoms with E-state index < -0.39 is 0 Å². The molecule has 3 rings (SSSR count). The monoisotopic (exact) mass is 312 g/mol. The second-order valence-corrected chi connectivity index (χ2v) is 6.40. The standard InChI is InChI=1S/C17H16N2O2S/c18-13-8-4-5-9-14(13)22-15-10-16(20)19(17(15)21)11-12-6-2-1-3-7-12/h1-9,15H,10-11,18H2/t15-/m0/s1. The molecular formula is C17H16N2O2S. The Labute approximate surface area is 133 Å². The Balaban J connectivity index is 1.73. The molecule has 0 spiro atoms. The van der Waals surface area contributed by atoms with Gasteiger partial charge in [-0.05, 0) is 17.7 Å². The first-order valence-corrected chi connectivity index (χ1v) is 7.92. The molecule has 112 valence electrons. The molecule has 1 heterocycles. The van der Waals surface area contributed by atoms with Gasteiger partial charge in [-0.25, -0.2) is 0 Å². The minimum atomic E-state index is -0.388. The Bertz CT molecular complexity index is 703. The van der Waals surface area contributed by atoms with Crippen LogP contribution in [0.15, 0.2) is 59.5 Å². The molecule has 1 aliphatic heterocycles. The summed E-state index contributed by atoms with van der Waals surface area (Å²) in [7, 11) is 0. The first kappa shape index (κ1) is 14.7. The molecule has 2 aromatic carbocycles. The van der Waals surface area contributed by atoms with Crippen LogP contribution >= 0.6 is 11.8 Å². The highest BCUT2D eigenvalue weighted by Crippen LogP contribution is 2.34. The molecule has 0 unspecified atom stereocenters. The number of hydrogen-bond acceptors (Lipinski definition) is 4. The number of imide groups is 1. The molecule has 2 amide bonds. The Morgan fingerprint density at radius 2 is 1.73 bits per heavy atom. The Morgan fingerprint density at radius 1 is 1.05 bits per heavy atom. The zero-order chi connectivity index (χ0) is 15.5. The van der Waals surface area contributed by atoms with Crippen LogP contribution in [0.25, 0.3) is 0 Å². The van der Waals surface area contributed by atoms with Crippen LogP contribution in [0.5, 0.6) is 0 Å². The zero-order valence-electron chi connectivity index (χ0n) is 11.9. The Kier molecular flexibility index (Phi) is 4.15. The minimum Gasteiger partial charge on any atom is -0.398 e. The number of nitrogens with zero attached hydrogens (tertiary/aromatic N) is 1. The molecule has 0 aromatic heterocycles. The fraction of sp³-hybridized carbons (Fsp3) is 0.176. The SMILES string of the molecule is Nc1ccccc1S[C@H]1CC(=O)N(Cc2ccccc2)C1=O. The number of carbonyl (C=O) groups is 2. The topological polar surface area (TPSA) is 63.4 Å². The van der Waals surface area contributed by atoms with Crippen molar-refractivity contribution in [1.29, 1.82) is 0 Å². The number of rotatable bonds is 4. The molecule has 2 N–H and O–H groups in total. The van der Waals surface area contributed by atoms with E-state index in [4.69, 9.17) is 5.73 Å². The lowest BCUT2D eigenvalue weighted by Crippen LogP contribution is -2.30. The van der Waals surface area contributed by atoms with Gasteiger partial charge >= 0.3 is 0 Å². The molecule has 1 aliphatic rings. The Morgan fingerprint density at radius 3 is 2.45 bits per heavy atom. The molecule has 4 nitrogen and oxygen atoms in total. The fourth-order valence-electron chi connectivity index (χ4n) is 2.42. The van der Waals surface area contributed by atoms with E-state index >= 15 is 0 Å². The van der Waals surface area contributed by atoms with Crippen LogP contribution in [-0.4, -0.2) is 22.0 Å². The maximum atomic E-state index is 12.5. The van der Waals surface area contributed by atoms with Crippen molar-refractivity contribution in [2.24, 2.45) is 0 Å². The van der Waals surface area contributed by atoms with Crippen molar-refractivity contribution in [2.45, 2.75) is 23.1 Å². The van der Waals surface area contributed by atoms with E-state index in [1.54, 1.807) is 6.07 Å². The van der Waals surface area contributed by atoms with E-state index in [-0.39, 0.29) is 23.5 Å². The number of anilines is 1. The molecule has 0 saturated carbocycles. The van der Waals surface area contributed by atoms with Gasteiger partial charge in [0.15, 0.2) is 0 Å². The van der Waals surface area contributed by atoms with Crippen LogP contribution in [0.1, 0.15) is 12.0 Å². The molecule has 0 aliphatic carbocycles. The van der Waals surface area contributed by atoms with Gasteiger partial charge in [0.25, 0.3) is 0 Å². The van der Waals surface area contributed by atoms with E-state index in [0.717, 1.165) is 10.5 Å². The van der Waals surface area contributed by atoms with E-state index in [1.807, 2.05) is 48.5 Å². The van der Waals surface area contributed by atoms with Gasteiger partial charge in [0.2, 0.25) is 11.8 Å². The van der Waals surface area contributed by atoms with Crippen LogP contribution in [0.4, 0.5) is 5.69 Å². The van der Waals surface area contributed by atoms with Gasteiger partial charge in [-0.1, -0.05) is 42.5 Å². The fourth-order valence-corrected chi connectivity index (χ4v) is 3.54. The third-order valence-corrected chi connectivity index (χ3v) is 4.85. The summed E-state index contributed by atoms with van der Waals surface area (Å²) < 4.78 is 0. The normalized spacial score (nSPS) is 18.0. The summed E-state index contributed by atoms with van der Waals surface area (Å²) in [6.07, 6.45) is 0.227. The lowest BCUT2D eigenvalue weighted by Gasteiger charge is -2.15. The molecule has 2 aromatic rings. The molecule has 22 heavy (non-hydrogen) atoms. The number of hydrogen-bond donors (Lipinski definition) is 1. The second kappa shape index (κ2) is 6.23. The highest BCUT2D eigenvalue weighted by molar-refractivity contribution is 8.00. The van der Waals surface area contributed by atoms with Gasteiger partial charge in [-0.2, -0.15) is 0 Å². The van der Waals surface area contributed by atoms with Crippen molar-refractivity contribution < 1.29 is 9.59 Å². The van der Waals surface area contributed by atoms with Gasteiger partial charge < -0.3 is 5.73 Å². The molecule has 0 bridgehead atoms. The van der Waals surface area contributed by atoms with Crippen molar-refractivity contribution in [2.75, 3.05) is 5.73 Å². The minimum absolute atomic E-state index is 0.124. The quantitative estimate of drug-likeness (QED) is 0.696. The van der Waals surface area contributed by atoms with Crippen molar-refractivity contribution in [3.63, 3.8) is 0 Å². The number of thioether (sulfide) groups is 1. The van der Waals surface area contributed by atoms with E-state index in [9.17, 15) is 9.59 Å². The van der Waals surface area contributed by atoms with E-state index in [2.05, 4.69) is 0 Å². The van der Waals surface area contributed by atoms with Crippen LogP contribution in [0.2, 0.25) is 0 Å². The van der Waals surface area contributed by atoms with Crippen LogP contribution in [-0.2, 0) is 16.1 Å². The van der Waals surface area contributed by atoms with Gasteiger partial charge in [0.05, 0.1) is 11.8 Å². The highest BCUT2D eigenvalue weighted by atomic mass is 32.2. The highest BCUT2D eigenvalue weighted by Gasteiger charge is 2.39. The third kappa shape index (κ3) is 2.99. The molecule has 5 heteroatoms. The summed E-state index contributed by atoms with van der Waals surface area (Å²) in [4.78, 5) is 26.8. The van der Waals surface area contributed by atoms with Crippen LogP contribution in [0, 0.1) is 0 Å². The lowest BCUT2D eigenvalue weighted by atomic mass is 10.2. The van der Waals surface area contributed by atoms with Gasteiger partial charge in [0.1, 0.15) is 0 Å². The average molecular weight is 312 g/mol. The van der Waals surface area contributed by atoms with Crippen molar-refractivity contribution >= 4 is 29.3 Å². The molecular weight excluding hydrogens is 296 g/mol. The maximum Gasteiger partial charge on any atom is 0.243 e. The summed E-state index contributed by atoms with van der Waals surface area (Å²) in [5.74, 6) is -0.261. The van der Waals surface area contributed by atoms with Crippen LogP contribution in [0.3, 0.4) is 0 Å². The summed E-state index contributed by atoms with van der Waals surface area (Å²) in [5, 5.41) is -0.388. The molecule has 1 atom stereocenters. The maximum absolute atomic E-state index is 12.5. The second-order valence-electron chi connectivity index (χ2n) is 5.15. The van der Waals surface area contributed by atoms with Crippen molar-refractivity contribution in [3.8, 4) is 0 Å². The number of para-hydroxylation sites is 1. The van der Waals surface area contributed by atoms with E-state index in [0.29, 0.717) is 12.2 Å². The first-order chi connectivity index (χ1) is 10.6. The summed E-state index contributed by atoms with van der Waals surface area (Å²) in [5.41, 5.74) is 7.49. The molecule has 1 fully saturated rings. The molecule has 1 saturated heterocycles. The first-order valence-electron chi connectivity index (χ1n) is 7.04. The summed E-state index contributed by atoms with van der Waals surface area (Å²) >= 11 is 1.37. The van der Waals surface area contributed by atoms with Gasteiger partial charge in [-0.3, -0.25) is 14.5 Å². The number of nitrogens with two attached hydrogens (primary N) is 1. The number of amides is 2. The van der Waals surface area contributed by atoms with Crippen molar-refractivity contribution in [3.05, 3.63) is 60.2 Å². The van der Waals surface area contributed by atoms with Gasteiger partial charge in [-0.15, -0.1) is 11.8 Å².